The van der Waals surface area contributed by atoms with Crippen LogP contribution in [-0.4, -0.2) is 7.54 Å². The van der Waals surface area contributed by atoms with E-state index in [9.17, 15) is 12.9 Å². The summed E-state index contributed by atoms with van der Waals surface area (Å²) in [6.45, 7) is 0. The lowest BCUT2D eigenvalue weighted by Gasteiger charge is -1.91. The average Bonchev–Trinajstić information content (AvgIpc) is 1.94. The van der Waals surface area contributed by atoms with E-state index < -0.39 is 7.54 Å². The van der Waals surface area contributed by atoms with Gasteiger partial charge in [0, 0.05) is 0 Å². The molecule has 0 bridgehead atoms. The van der Waals surface area contributed by atoms with Crippen LogP contribution < -0.4 is 5.73 Å². The van der Waals surface area contributed by atoms with E-state index in [1.807, 2.05) is 12.1 Å². The Balaban J connectivity index is 0.000000261. The molecule has 1 aromatic rings. The summed E-state index contributed by atoms with van der Waals surface area (Å²) >= 11 is 5.58. The van der Waals surface area contributed by atoms with Crippen LogP contribution in [0.4, 0.5) is 18.6 Å². The topological polar surface area (TPSA) is 26.0 Å². The minimum atomic E-state index is -3.67. The van der Waals surface area contributed by atoms with Gasteiger partial charge in [-0.1, -0.05) is 23.7 Å². The second-order valence-electron chi connectivity index (χ2n) is 1.77. The summed E-state index contributed by atoms with van der Waals surface area (Å²) in [5.41, 5.74) is 6.02. The van der Waals surface area contributed by atoms with Gasteiger partial charge in [0.2, 0.25) is 0 Å². The maximum Gasteiger partial charge on any atom is 0.762 e. The fourth-order valence-electron chi connectivity index (χ4n) is 0.475. The predicted molar refractivity (Wildman–Crippen MR) is 44.9 cm³/mol. The molecule has 0 saturated carbocycles. The number of anilines is 1. The Kier molecular flexibility index (Phi) is 5.37. The van der Waals surface area contributed by atoms with Crippen LogP contribution in [0.25, 0.3) is 0 Å². The Labute approximate surface area is 73.5 Å². The van der Waals surface area contributed by atoms with Gasteiger partial charge in [-0.2, -0.15) is 0 Å². The highest BCUT2D eigenvalue weighted by atomic mass is 35.5. The molecule has 6 heteroatoms. The quantitative estimate of drug-likeness (QED) is 0.500. The zero-order valence-electron chi connectivity index (χ0n) is 5.98. The summed E-state index contributed by atoms with van der Waals surface area (Å²) < 4.78 is 29.0. The molecule has 0 spiro atoms. The normalized spacial score (nSPS) is 8.33. The molecule has 1 rings (SSSR count). The molecule has 0 radical (unpaired) electrons. The molecule has 0 aliphatic rings. The number of nitrogens with two attached hydrogens (primary N) is 1. The van der Waals surface area contributed by atoms with E-state index in [0.717, 1.165) is 0 Å². The van der Waals surface area contributed by atoms with Crippen LogP contribution in [0.3, 0.4) is 0 Å². The van der Waals surface area contributed by atoms with Gasteiger partial charge in [-0.05, 0) is 12.1 Å². The van der Waals surface area contributed by atoms with Gasteiger partial charge in [0.1, 0.15) is 0 Å². The van der Waals surface area contributed by atoms with Crippen molar-refractivity contribution in [3.8, 4) is 0 Å². The van der Waals surface area contributed by atoms with Crippen molar-refractivity contribution in [3.05, 3.63) is 29.3 Å². The fourth-order valence-corrected chi connectivity index (χ4v) is 0.611. The van der Waals surface area contributed by atoms with E-state index >= 15 is 0 Å². The van der Waals surface area contributed by atoms with E-state index in [4.69, 9.17) is 17.3 Å². The fraction of sp³-hybridized carbons (Fsp3) is 0. The minimum absolute atomic E-state index is 0.618. The molecule has 0 heterocycles. The molecular formula is C6H6BClF3N. The summed E-state index contributed by atoms with van der Waals surface area (Å²) in [7, 11) is -3.67. The summed E-state index contributed by atoms with van der Waals surface area (Å²) in [5.74, 6) is 0. The van der Waals surface area contributed by atoms with Crippen LogP contribution in [0.15, 0.2) is 24.3 Å². The lowest BCUT2D eigenvalue weighted by molar-refractivity contribution is 0.535. The second kappa shape index (κ2) is 5.77. The Morgan fingerprint density at radius 2 is 1.58 bits per heavy atom. The highest BCUT2D eigenvalue weighted by molar-refractivity contribution is 6.33. The van der Waals surface area contributed by atoms with Gasteiger partial charge >= 0.3 is 7.54 Å². The molecule has 12 heavy (non-hydrogen) atoms. The monoisotopic (exact) mass is 195 g/mol. The molecule has 0 atom stereocenters. The minimum Gasteiger partial charge on any atom is -0.398 e. The van der Waals surface area contributed by atoms with Crippen LogP contribution in [0.5, 0.6) is 0 Å². The Morgan fingerprint density at radius 1 is 1.17 bits per heavy atom. The van der Waals surface area contributed by atoms with Crippen molar-refractivity contribution in [2.75, 3.05) is 5.73 Å². The molecule has 0 saturated heterocycles. The Morgan fingerprint density at radius 3 is 1.83 bits per heavy atom. The Hall–Kier alpha value is -0.835. The largest absolute Gasteiger partial charge is 0.762 e. The molecule has 0 fully saturated rings. The van der Waals surface area contributed by atoms with Crippen molar-refractivity contribution in [3.63, 3.8) is 0 Å². The lowest BCUT2D eigenvalue weighted by Crippen LogP contribution is -1.82. The van der Waals surface area contributed by atoms with Crippen LogP contribution >= 0.6 is 11.6 Å². The molecule has 0 aliphatic carbocycles. The summed E-state index contributed by atoms with van der Waals surface area (Å²) in [5, 5.41) is 0.618. The van der Waals surface area contributed by atoms with Crippen molar-refractivity contribution in [1.82, 2.24) is 0 Å². The number of rotatable bonds is 0. The van der Waals surface area contributed by atoms with Gasteiger partial charge in [0.25, 0.3) is 0 Å². The maximum absolute atomic E-state index is 9.67. The Bertz CT molecular complexity index is 210. The number of halogens is 4. The van der Waals surface area contributed by atoms with Gasteiger partial charge in [-0.15, -0.1) is 0 Å². The van der Waals surface area contributed by atoms with Crippen LogP contribution in [0.2, 0.25) is 5.02 Å². The molecule has 1 nitrogen and oxygen atoms in total. The van der Waals surface area contributed by atoms with E-state index in [1.54, 1.807) is 12.1 Å². The predicted octanol–water partition coefficient (Wildman–Crippen LogP) is 2.80. The molecule has 2 N–H and O–H groups in total. The van der Waals surface area contributed by atoms with Gasteiger partial charge in [-0.25, -0.2) is 0 Å². The summed E-state index contributed by atoms with van der Waals surface area (Å²) in [4.78, 5) is 0. The maximum atomic E-state index is 9.67. The number of para-hydroxylation sites is 1. The van der Waals surface area contributed by atoms with Crippen molar-refractivity contribution >= 4 is 24.8 Å². The smallest absolute Gasteiger partial charge is 0.398 e. The van der Waals surface area contributed by atoms with Crippen molar-refractivity contribution in [2.45, 2.75) is 0 Å². The standard InChI is InChI=1S/C6H6ClN.BF3/c7-5-3-1-2-4-6(5)8;2-1(3)4/h1-4H,8H2;. The average molecular weight is 195 g/mol. The third-order valence-electron chi connectivity index (χ3n) is 0.905. The third kappa shape index (κ3) is 5.91. The van der Waals surface area contributed by atoms with E-state index in [0.29, 0.717) is 10.7 Å². The zero-order valence-corrected chi connectivity index (χ0v) is 6.73. The van der Waals surface area contributed by atoms with Crippen LogP contribution in [-0.2, 0) is 0 Å². The molecule has 0 aromatic heterocycles. The first-order chi connectivity index (χ1) is 5.54. The number of hydrogen-bond acceptors (Lipinski definition) is 1. The summed E-state index contributed by atoms with van der Waals surface area (Å²) in [6, 6.07) is 7.22. The van der Waals surface area contributed by atoms with Crippen molar-refractivity contribution < 1.29 is 12.9 Å². The van der Waals surface area contributed by atoms with E-state index in [-0.39, 0.29) is 0 Å². The number of nitrogen functional groups attached to an aromatic ring is 1. The highest BCUT2D eigenvalue weighted by Gasteiger charge is 2.06. The molecule has 0 unspecified atom stereocenters. The summed E-state index contributed by atoms with van der Waals surface area (Å²) in [6.07, 6.45) is 0. The van der Waals surface area contributed by atoms with Crippen LogP contribution in [0.1, 0.15) is 0 Å². The van der Waals surface area contributed by atoms with Gasteiger partial charge in [-0.3, -0.25) is 12.9 Å². The molecule has 66 valence electrons. The highest BCUT2D eigenvalue weighted by Crippen LogP contribution is 2.15. The first-order valence-electron chi connectivity index (χ1n) is 2.96. The zero-order chi connectivity index (χ0) is 9.56. The first kappa shape index (κ1) is 11.2. The molecule has 1 aromatic carbocycles. The third-order valence-corrected chi connectivity index (χ3v) is 1.25. The molecule has 0 amide bonds. The number of benzene rings is 1. The van der Waals surface area contributed by atoms with Crippen molar-refractivity contribution in [1.29, 1.82) is 0 Å². The second-order valence-corrected chi connectivity index (χ2v) is 2.18. The number of hydrogen-bond donors (Lipinski definition) is 1. The van der Waals surface area contributed by atoms with Gasteiger partial charge in [0.15, 0.2) is 0 Å². The van der Waals surface area contributed by atoms with Gasteiger partial charge in [0.05, 0.1) is 10.7 Å². The van der Waals surface area contributed by atoms with Crippen molar-refractivity contribution in [2.24, 2.45) is 0 Å². The molecular weight excluding hydrogens is 189 g/mol. The van der Waals surface area contributed by atoms with Gasteiger partial charge < -0.3 is 5.73 Å². The molecule has 0 aliphatic heterocycles. The SMILES string of the molecule is FB(F)F.Nc1ccccc1Cl. The van der Waals surface area contributed by atoms with E-state index in [1.165, 1.54) is 0 Å². The lowest BCUT2D eigenvalue weighted by atomic mass is 10.3. The van der Waals surface area contributed by atoms with Crippen LogP contribution in [0, 0.1) is 0 Å². The van der Waals surface area contributed by atoms with E-state index in [2.05, 4.69) is 0 Å². The first-order valence-corrected chi connectivity index (χ1v) is 3.34.